The SMILES string of the molecule is COc1ccc(C2(CNC(=O)c3ccc(CS(=O)(=O)c4ccccc4)o3)CCOCC2)cc1. The lowest BCUT2D eigenvalue weighted by Gasteiger charge is -2.38. The number of hydrogen-bond acceptors (Lipinski definition) is 6. The summed E-state index contributed by atoms with van der Waals surface area (Å²) in [6.07, 6.45) is 1.55. The molecule has 2 heterocycles. The molecule has 4 rings (SSSR count). The molecule has 33 heavy (non-hydrogen) atoms. The van der Waals surface area contributed by atoms with E-state index in [2.05, 4.69) is 5.32 Å². The molecule has 1 aliphatic heterocycles. The van der Waals surface area contributed by atoms with Gasteiger partial charge >= 0.3 is 0 Å². The van der Waals surface area contributed by atoms with E-state index in [1.165, 1.54) is 12.1 Å². The molecular formula is C25H27NO6S. The van der Waals surface area contributed by atoms with Gasteiger partial charge in [-0.05, 0) is 54.8 Å². The van der Waals surface area contributed by atoms with E-state index in [1.54, 1.807) is 37.4 Å². The Morgan fingerprint density at radius 3 is 2.36 bits per heavy atom. The molecule has 0 atom stereocenters. The third-order valence-corrected chi connectivity index (χ3v) is 7.71. The lowest BCUT2D eigenvalue weighted by Crippen LogP contribution is -2.44. The number of hydrogen-bond donors (Lipinski definition) is 1. The van der Waals surface area contributed by atoms with Crippen LogP contribution >= 0.6 is 0 Å². The van der Waals surface area contributed by atoms with Crippen molar-refractivity contribution in [2.45, 2.75) is 28.9 Å². The highest BCUT2D eigenvalue weighted by Crippen LogP contribution is 2.35. The molecule has 2 aromatic carbocycles. The summed E-state index contributed by atoms with van der Waals surface area (Å²) in [6, 6.07) is 19.1. The summed E-state index contributed by atoms with van der Waals surface area (Å²) in [6.45, 7) is 1.65. The zero-order valence-corrected chi connectivity index (χ0v) is 19.3. The number of carbonyl (C=O) groups is 1. The van der Waals surface area contributed by atoms with Gasteiger partial charge in [0.15, 0.2) is 15.6 Å². The number of rotatable bonds is 8. The average Bonchev–Trinajstić information content (AvgIpc) is 3.31. The van der Waals surface area contributed by atoms with Crippen molar-refractivity contribution >= 4 is 15.7 Å². The molecule has 0 spiro atoms. The second kappa shape index (κ2) is 9.80. The minimum absolute atomic E-state index is 0.0882. The van der Waals surface area contributed by atoms with Crippen LogP contribution in [0.15, 0.2) is 76.0 Å². The maximum absolute atomic E-state index is 12.8. The topological polar surface area (TPSA) is 94.8 Å². The fourth-order valence-electron chi connectivity index (χ4n) is 4.09. The predicted molar refractivity (Wildman–Crippen MR) is 123 cm³/mol. The molecule has 1 aliphatic rings. The van der Waals surface area contributed by atoms with Gasteiger partial charge in [-0.25, -0.2) is 8.42 Å². The van der Waals surface area contributed by atoms with Crippen LogP contribution in [0, 0.1) is 0 Å². The summed E-state index contributed by atoms with van der Waals surface area (Å²) in [5.41, 5.74) is 0.854. The molecule has 7 nitrogen and oxygen atoms in total. The number of nitrogens with one attached hydrogen (secondary N) is 1. The normalized spacial score (nSPS) is 15.7. The maximum Gasteiger partial charge on any atom is 0.287 e. The van der Waals surface area contributed by atoms with Crippen LogP contribution in [-0.4, -0.2) is 41.2 Å². The molecule has 1 aromatic heterocycles. The third-order valence-electron chi connectivity index (χ3n) is 6.06. The van der Waals surface area contributed by atoms with Crippen LogP contribution < -0.4 is 10.1 Å². The summed E-state index contributed by atoms with van der Waals surface area (Å²) >= 11 is 0. The van der Waals surface area contributed by atoms with Gasteiger partial charge in [0, 0.05) is 25.2 Å². The molecule has 0 aliphatic carbocycles. The van der Waals surface area contributed by atoms with Gasteiger partial charge in [0.05, 0.1) is 12.0 Å². The highest BCUT2D eigenvalue weighted by Gasteiger charge is 2.35. The standard InChI is InChI=1S/C25H27NO6S/c1-30-20-9-7-19(8-10-20)25(13-15-31-16-14-25)18-26-24(27)23-12-11-21(32-23)17-33(28,29)22-5-3-2-4-6-22/h2-12H,13-18H2,1H3,(H,26,27). The van der Waals surface area contributed by atoms with Gasteiger partial charge in [-0.1, -0.05) is 30.3 Å². The van der Waals surface area contributed by atoms with Crippen LogP contribution in [0.2, 0.25) is 0 Å². The zero-order chi connectivity index (χ0) is 23.3. The van der Waals surface area contributed by atoms with Crippen molar-refractivity contribution in [3.05, 3.63) is 83.8 Å². The van der Waals surface area contributed by atoms with Crippen molar-refractivity contribution in [2.24, 2.45) is 0 Å². The monoisotopic (exact) mass is 469 g/mol. The van der Waals surface area contributed by atoms with E-state index in [4.69, 9.17) is 13.9 Å². The number of ether oxygens (including phenoxy) is 2. The Kier molecular flexibility index (Phi) is 6.85. The van der Waals surface area contributed by atoms with Crippen LogP contribution in [0.25, 0.3) is 0 Å². The predicted octanol–water partition coefficient (Wildman–Crippen LogP) is 3.74. The quantitative estimate of drug-likeness (QED) is 0.540. The van der Waals surface area contributed by atoms with E-state index >= 15 is 0 Å². The van der Waals surface area contributed by atoms with Crippen LogP contribution in [0.1, 0.15) is 34.7 Å². The van der Waals surface area contributed by atoms with Crippen LogP contribution in [0.4, 0.5) is 0 Å². The fourth-order valence-corrected chi connectivity index (χ4v) is 5.35. The van der Waals surface area contributed by atoms with E-state index < -0.39 is 9.84 Å². The van der Waals surface area contributed by atoms with Crippen LogP contribution in [0.3, 0.4) is 0 Å². The molecule has 174 valence electrons. The van der Waals surface area contributed by atoms with Crippen molar-refractivity contribution in [3.63, 3.8) is 0 Å². The van der Waals surface area contributed by atoms with Gasteiger partial charge in [0.1, 0.15) is 17.3 Å². The molecule has 1 N–H and O–H groups in total. The Morgan fingerprint density at radius 1 is 1.00 bits per heavy atom. The Bertz CT molecular complexity index is 1180. The van der Waals surface area contributed by atoms with Crippen molar-refractivity contribution in [1.29, 1.82) is 0 Å². The first-order valence-corrected chi connectivity index (χ1v) is 12.4. The minimum atomic E-state index is -3.56. The molecule has 1 amide bonds. The summed E-state index contributed by atoms with van der Waals surface area (Å²) in [5, 5.41) is 2.98. The summed E-state index contributed by atoms with van der Waals surface area (Å²) in [7, 11) is -1.93. The van der Waals surface area contributed by atoms with Gasteiger partial charge in [0.25, 0.3) is 5.91 Å². The Hall–Kier alpha value is -3.10. The van der Waals surface area contributed by atoms with Gasteiger partial charge in [0.2, 0.25) is 0 Å². The highest BCUT2D eigenvalue weighted by atomic mass is 32.2. The van der Waals surface area contributed by atoms with Crippen molar-refractivity contribution in [2.75, 3.05) is 26.9 Å². The molecule has 0 radical (unpaired) electrons. The number of amides is 1. The summed E-state index contributed by atoms with van der Waals surface area (Å²) in [5.74, 6) is 0.402. The van der Waals surface area contributed by atoms with Gasteiger partial charge in [-0.15, -0.1) is 0 Å². The average molecular weight is 470 g/mol. The second-order valence-electron chi connectivity index (χ2n) is 8.14. The Morgan fingerprint density at radius 2 is 1.70 bits per heavy atom. The molecule has 0 saturated carbocycles. The van der Waals surface area contributed by atoms with Crippen LogP contribution in [0.5, 0.6) is 5.75 Å². The highest BCUT2D eigenvalue weighted by molar-refractivity contribution is 7.90. The number of sulfone groups is 1. The zero-order valence-electron chi connectivity index (χ0n) is 18.5. The van der Waals surface area contributed by atoms with E-state index in [0.717, 1.165) is 24.2 Å². The lowest BCUT2D eigenvalue weighted by molar-refractivity contribution is 0.0484. The molecule has 0 bridgehead atoms. The molecule has 1 fully saturated rings. The third kappa shape index (κ3) is 5.29. The first-order valence-electron chi connectivity index (χ1n) is 10.8. The summed E-state index contributed by atoms with van der Waals surface area (Å²) in [4.78, 5) is 13.0. The van der Waals surface area contributed by atoms with Gasteiger partial charge in [-0.3, -0.25) is 4.79 Å². The molecule has 8 heteroatoms. The molecule has 0 unspecified atom stereocenters. The number of carbonyl (C=O) groups excluding carboxylic acids is 1. The smallest absolute Gasteiger partial charge is 0.287 e. The Labute approximate surface area is 193 Å². The van der Waals surface area contributed by atoms with Crippen molar-refractivity contribution < 1.29 is 27.1 Å². The molecule has 3 aromatic rings. The van der Waals surface area contributed by atoms with Crippen molar-refractivity contribution in [3.8, 4) is 5.75 Å². The lowest BCUT2D eigenvalue weighted by atomic mass is 9.74. The number of furan rings is 1. The maximum atomic E-state index is 12.8. The largest absolute Gasteiger partial charge is 0.497 e. The Balaban J connectivity index is 1.45. The van der Waals surface area contributed by atoms with Gasteiger partial charge in [-0.2, -0.15) is 0 Å². The van der Waals surface area contributed by atoms with E-state index in [9.17, 15) is 13.2 Å². The first kappa shape index (κ1) is 23.1. The van der Waals surface area contributed by atoms with Crippen molar-refractivity contribution in [1.82, 2.24) is 5.32 Å². The first-order chi connectivity index (χ1) is 15.9. The number of methoxy groups -OCH3 is 1. The number of benzene rings is 2. The van der Waals surface area contributed by atoms with E-state index in [1.807, 2.05) is 24.3 Å². The fraction of sp³-hybridized carbons (Fsp3) is 0.320. The minimum Gasteiger partial charge on any atom is -0.497 e. The van der Waals surface area contributed by atoms with E-state index in [-0.39, 0.29) is 33.5 Å². The second-order valence-corrected chi connectivity index (χ2v) is 10.1. The van der Waals surface area contributed by atoms with Gasteiger partial charge < -0.3 is 19.2 Å². The molecular weight excluding hydrogens is 442 g/mol. The summed E-state index contributed by atoms with van der Waals surface area (Å²) < 4.78 is 41.5. The van der Waals surface area contributed by atoms with E-state index in [0.29, 0.717) is 19.8 Å². The van der Waals surface area contributed by atoms with Crippen LogP contribution in [-0.2, 0) is 25.7 Å². The molecule has 1 saturated heterocycles.